The van der Waals surface area contributed by atoms with Crippen LogP contribution in [-0.4, -0.2) is 16.7 Å². The molecule has 0 fully saturated rings. The van der Waals surface area contributed by atoms with E-state index in [1.807, 2.05) is 0 Å². The molecule has 0 aliphatic carbocycles. The van der Waals surface area contributed by atoms with Crippen LogP contribution in [0, 0.1) is 5.82 Å². The van der Waals surface area contributed by atoms with Crippen LogP contribution in [0.1, 0.15) is 19.2 Å². The molecular formula is C12H14ClFN4O. The molecule has 0 amide bonds. The smallest absolute Gasteiger partial charge is 0.320 e. The van der Waals surface area contributed by atoms with Gasteiger partial charge in [-0.1, -0.05) is 23.6 Å². The van der Waals surface area contributed by atoms with Crippen molar-refractivity contribution in [3.8, 4) is 0 Å². The number of nitrogens with zero attached hydrogens (tertiary/aromatic N) is 2. The molecule has 0 radical (unpaired) electrons. The number of nitrogens with one attached hydrogen (secondary N) is 2. The Kier molecular flexibility index (Phi) is 4.70. The maximum atomic E-state index is 13.5. The molecule has 7 heteroatoms. The van der Waals surface area contributed by atoms with Crippen LogP contribution >= 0.6 is 11.6 Å². The molecule has 0 saturated heterocycles. The van der Waals surface area contributed by atoms with E-state index in [2.05, 4.69) is 27.8 Å². The van der Waals surface area contributed by atoms with E-state index in [1.165, 1.54) is 18.2 Å². The SMILES string of the molecule is CCCNCc1nnc(Nc2cc(Cl)ccc2F)o1. The molecule has 0 aliphatic heterocycles. The normalized spacial score (nSPS) is 10.7. The summed E-state index contributed by atoms with van der Waals surface area (Å²) in [7, 11) is 0. The zero-order valence-electron chi connectivity index (χ0n) is 10.4. The summed E-state index contributed by atoms with van der Waals surface area (Å²) >= 11 is 5.79. The monoisotopic (exact) mass is 284 g/mol. The van der Waals surface area contributed by atoms with Crippen LogP contribution < -0.4 is 10.6 Å². The minimum atomic E-state index is -0.437. The van der Waals surface area contributed by atoms with Gasteiger partial charge in [0.05, 0.1) is 12.2 Å². The molecule has 19 heavy (non-hydrogen) atoms. The summed E-state index contributed by atoms with van der Waals surface area (Å²) in [4.78, 5) is 0. The summed E-state index contributed by atoms with van der Waals surface area (Å²) in [6.45, 7) is 3.42. The second kappa shape index (κ2) is 6.49. The molecule has 2 aromatic rings. The van der Waals surface area contributed by atoms with E-state index in [0.29, 0.717) is 17.5 Å². The lowest BCUT2D eigenvalue weighted by Crippen LogP contribution is -2.13. The molecule has 0 bridgehead atoms. The van der Waals surface area contributed by atoms with Crippen molar-refractivity contribution in [3.63, 3.8) is 0 Å². The topological polar surface area (TPSA) is 63.0 Å². The second-order valence-electron chi connectivity index (χ2n) is 3.93. The van der Waals surface area contributed by atoms with E-state index in [0.717, 1.165) is 13.0 Å². The Bertz CT molecular complexity index is 546. The number of aromatic nitrogens is 2. The third-order valence-electron chi connectivity index (χ3n) is 2.34. The Balaban J connectivity index is 2.01. The van der Waals surface area contributed by atoms with Crippen molar-refractivity contribution in [3.05, 3.63) is 34.9 Å². The number of benzene rings is 1. The van der Waals surface area contributed by atoms with Crippen molar-refractivity contribution < 1.29 is 8.81 Å². The minimum Gasteiger partial charge on any atom is -0.406 e. The van der Waals surface area contributed by atoms with Gasteiger partial charge in [0.1, 0.15) is 5.82 Å². The van der Waals surface area contributed by atoms with Gasteiger partial charge < -0.3 is 15.1 Å². The van der Waals surface area contributed by atoms with Gasteiger partial charge in [0.25, 0.3) is 0 Å². The van der Waals surface area contributed by atoms with Gasteiger partial charge in [-0.3, -0.25) is 0 Å². The summed E-state index contributed by atoms with van der Waals surface area (Å²) in [6.07, 6.45) is 1.02. The molecule has 0 atom stereocenters. The minimum absolute atomic E-state index is 0.134. The standard InChI is InChI=1S/C12H14ClFN4O/c1-2-5-15-7-11-17-18-12(19-11)16-10-6-8(13)3-4-9(10)14/h3-4,6,15H,2,5,7H2,1H3,(H,16,18). The zero-order chi connectivity index (χ0) is 13.7. The summed E-state index contributed by atoms with van der Waals surface area (Å²) in [5.41, 5.74) is 0.198. The first-order valence-corrected chi connectivity index (χ1v) is 6.32. The Morgan fingerprint density at radius 2 is 2.21 bits per heavy atom. The number of halogens is 2. The quantitative estimate of drug-likeness (QED) is 0.798. The lowest BCUT2D eigenvalue weighted by molar-refractivity contribution is 0.479. The highest BCUT2D eigenvalue weighted by molar-refractivity contribution is 6.30. The van der Waals surface area contributed by atoms with Crippen molar-refractivity contribution >= 4 is 23.3 Å². The van der Waals surface area contributed by atoms with Crippen molar-refractivity contribution in [2.45, 2.75) is 19.9 Å². The largest absolute Gasteiger partial charge is 0.406 e. The first-order chi connectivity index (χ1) is 9.19. The summed E-state index contributed by atoms with van der Waals surface area (Å²) in [6, 6.07) is 4.33. The zero-order valence-corrected chi connectivity index (χ0v) is 11.2. The predicted molar refractivity (Wildman–Crippen MR) is 71.0 cm³/mol. The van der Waals surface area contributed by atoms with Gasteiger partial charge in [0, 0.05) is 5.02 Å². The summed E-state index contributed by atoms with van der Waals surface area (Å²) in [5, 5.41) is 13.9. The third-order valence-corrected chi connectivity index (χ3v) is 2.57. The fraction of sp³-hybridized carbons (Fsp3) is 0.333. The Labute approximate surface area is 115 Å². The third kappa shape index (κ3) is 3.90. The number of rotatable bonds is 6. The highest BCUT2D eigenvalue weighted by Crippen LogP contribution is 2.22. The first kappa shape index (κ1) is 13.8. The van der Waals surface area contributed by atoms with Crippen LogP contribution in [0.4, 0.5) is 16.1 Å². The maximum Gasteiger partial charge on any atom is 0.320 e. The van der Waals surface area contributed by atoms with Gasteiger partial charge in [0.15, 0.2) is 0 Å². The average Bonchev–Trinajstić information content (AvgIpc) is 2.82. The molecule has 0 aliphatic rings. The molecule has 0 spiro atoms. The van der Waals surface area contributed by atoms with Crippen molar-refractivity contribution in [1.82, 2.24) is 15.5 Å². The van der Waals surface area contributed by atoms with Crippen LogP contribution in [0.15, 0.2) is 22.6 Å². The fourth-order valence-corrected chi connectivity index (χ4v) is 1.63. The molecule has 1 aromatic carbocycles. The molecule has 2 N–H and O–H groups in total. The van der Waals surface area contributed by atoms with Gasteiger partial charge in [-0.15, -0.1) is 5.10 Å². The van der Waals surface area contributed by atoms with Crippen LogP contribution in [0.25, 0.3) is 0 Å². The van der Waals surface area contributed by atoms with Crippen LogP contribution in [0.5, 0.6) is 0 Å². The second-order valence-corrected chi connectivity index (χ2v) is 4.36. The number of anilines is 2. The van der Waals surface area contributed by atoms with Crippen LogP contribution in [0.3, 0.4) is 0 Å². The average molecular weight is 285 g/mol. The Hall–Kier alpha value is -1.66. The molecule has 5 nitrogen and oxygen atoms in total. The lowest BCUT2D eigenvalue weighted by atomic mass is 10.3. The van der Waals surface area contributed by atoms with E-state index in [1.54, 1.807) is 0 Å². The van der Waals surface area contributed by atoms with Crippen LogP contribution in [-0.2, 0) is 6.54 Å². The molecule has 1 aromatic heterocycles. The van der Waals surface area contributed by atoms with Gasteiger partial charge >= 0.3 is 6.01 Å². The molecule has 1 heterocycles. The van der Waals surface area contributed by atoms with Crippen molar-refractivity contribution in [2.75, 3.05) is 11.9 Å². The highest BCUT2D eigenvalue weighted by atomic mass is 35.5. The summed E-state index contributed by atoms with van der Waals surface area (Å²) in [5.74, 6) is 0.00615. The van der Waals surface area contributed by atoms with Gasteiger partial charge in [0.2, 0.25) is 5.89 Å². The lowest BCUT2D eigenvalue weighted by Gasteiger charge is -2.03. The Morgan fingerprint density at radius 1 is 1.37 bits per heavy atom. The number of hydrogen-bond donors (Lipinski definition) is 2. The molecule has 2 rings (SSSR count). The van der Waals surface area contributed by atoms with E-state index in [4.69, 9.17) is 16.0 Å². The van der Waals surface area contributed by atoms with E-state index in [-0.39, 0.29) is 11.7 Å². The maximum absolute atomic E-state index is 13.5. The highest BCUT2D eigenvalue weighted by Gasteiger charge is 2.09. The van der Waals surface area contributed by atoms with E-state index < -0.39 is 5.82 Å². The van der Waals surface area contributed by atoms with Gasteiger partial charge in [-0.25, -0.2) is 4.39 Å². The molecule has 0 unspecified atom stereocenters. The Morgan fingerprint density at radius 3 is 3.00 bits per heavy atom. The van der Waals surface area contributed by atoms with Crippen molar-refractivity contribution in [1.29, 1.82) is 0 Å². The summed E-state index contributed by atoms with van der Waals surface area (Å²) < 4.78 is 18.8. The number of hydrogen-bond acceptors (Lipinski definition) is 5. The van der Waals surface area contributed by atoms with Gasteiger partial charge in [-0.2, -0.15) is 0 Å². The van der Waals surface area contributed by atoms with E-state index in [9.17, 15) is 4.39 Å². The molecule has 0 saturated carbocycles. The fourth-order valence-electron chi connectivity index (χ4n) is 1.46. The molecular weight excluding hydrogens is 271 g/mol. The first-order valence-electron chi connectivity index (χ1n) is 5.94. The van der Waals surface area contributed by atoms with Crippen molar-refractivity contribution in [2.24, 2.45) is 0 Å². The van der Waals surface area contributed by atoms with E-state index >= 15 is 0 Å². The predicted octanol–water partition coefficient (Wildman–Crippen LogP) is 3.11. The van der Waals surface area contributed by atoms with Gasteiger partial charge in [-0.05, 0) is 31.2 Å². The van der Waals surface area contributed by atoms with Crippen LogP contribution in [0.2, 0.25) is 5.02 Å². The molecule has 102 valence electrons.